The summed E-state index contributed by atoms with van der Waals surface area (Å²) in [7, 11) is -3.31. The highest BCUT2D eigenvalue weighted by Gasteiger charge is 2.14. The van der Waals surface area contributed by atoms with E-state index in [4.69, 9.17) is 5.73 Å². The molecule has 2 N–H and O–H groups in total. The van der Waals surface area contributed by atoms with Crippen molar-refractivity contribution in [3.05, 3.63) is 42.6 Å². The molecule has 2 rings (SSSR count). The Morgan fingerprint density at radius 3 is 2.56 bits per heavy atom. The Morgan fingerprint density at radius 1 is 1.17 bits per heavy atom. The topological polar surface area (TPSA) is 73.0 Å². The van der Waals surface area contributed by atoms with Crippen LogP contribution < -0.4 is 5.73 Å². The van der Waals surface area contributed by atoms with Crippen LogP contribution in [-0.4, -0.2) is 19.7 Å². The third-order valence-corrected chi connectivity index (χ3v) is 4.46. The van der Waals surface area contributed by atoms with Crippen LogP contribution >= 0.6 is 11.8 Å². The summed E-state index contributed by atoms with van der Waals surface area (Å²) in [4.78, 5) is 5.01. The van der Waals surface area contributed by atoms with Crippen LogP contribution in [-0.2, 0) is 9.84 Å². The number of benzene rings is 1. The van der Waals surface area contributed by atoms with Crippen molar-refractivity contribution >= 4 is 27.3 Å². The number of hydrogen-bond donors (Lipinski definition) is 1. The summed E-state index contributed by atoms with van der Waals surface area (Å²) in [5.41, 5.74) is 6.16. The fourth-order valence-corrected chi connectivity index (χ4v) is 3.21. The lowest BCUT2D eigenvalue weighted by Crippen LogP contribution is -2.03. The number of pyridine rings is 1. The number of nitrogens with zero attached hydrogens (tertiary/aromatic N) is 1. The highest BCUT2D eigenvalue weighted by molar-refractivity contribution is 7.99. The monoisotopic (exact) mass is 280 g/mol. The Morgan fingerprint density at radius 2 is 1.94 bits per heavy atom. The summed E-state index contributed by atoms with van der Waals surface area (Å²) >= 11 is 1.34. The Hall–Kier alpha value is -1.53. The number of rotatable bonds is 3. The van der Waals surface area contributed by atoms with Gasteiger partial charge >= 0.3 is 0 Å². The van der Waals surface area contributed by atoms with E-state index < -0.39 is 9.84 Å². The maximum absolute atomic E-state index is 11.6. The van der Waals surface area contributed by atoms with Gasteiger partial charge in [0, 0.05) is 17.3 Å². The molecule has 4 nitrogen and oxygen atoms in total. The Balaban J connectivity index is 2.42. The molecule has 18 heavy (non-hydrogen) atoms. The molecule has 0 atom stereocenters. The first-order valence-corrected chi connectivity index (χ1v) is 7.87. The van der Waals surface area contributed by atoms with E-state index in [1.807, 2.05) is 18.2 Å². The van der Waals surface area contributed by atoms with Gasteiger partial charge in [-0.3, -0.25) is 0 Å². The van der Waals surface area contributed by atoms with Crippen molar-refractivity contribution in [3.63, 3.8) is 0 Å². The highest BCUT2D eigenvalue weighted by Crippen LogP contribution is 2.34. The molecule has 1 aromatic heterocycles. The van der Waals surface area contributed by atoms with E-state index in [0.717, 1.165) is 11.3 Å². The van der Waals surface area contributed by atoms with Crippen molar-refractivity contribution in [3.8, 4) is 0 Å². The lowest BCUT2D eigenvalue weighted by molar-refractivity contribution is 0.602. The zero-order chi connectivity index (χ0) is 13.2. The summed E-state index contributed by atoms with van der Waals surface area (Å²) in [5.74, 6) is 0. The van der Waals surface area contributed by atoms with Gasteiger partial charge < -0.3 is 5.73 Å². The predicted octanol–water partition coefficient (Wildman–Crippen LogP) is 2.22. The molecule has 1 aromatic carbocycles. The molecular formula is C12H12N2O2S2. The zero-order valence-electron chi connectivity index (χ0n) is 9.70. The second kappa shape index (κ2) is 4.99. The lowest BCUT2D eigenvalue weighted by Gasteiger charge is -2.08. The van der Waals surface area contributed by atoms with E-state index in [-0.39, 0.29) is 10.6 Å². The number of nitrogens with two attached hydrogens (primary N) is 1. The maximum Gasteiger partial charge on any atom is 0.177 e. The van der Waals surface area contributed by atoms with Crippen LogP contribution in [0.3, 0.4) is 0 Å². The van der Waals surface area contributed by atoms with Crippen molar-refractivity contribution in [2.75, 3.05) is 12.0 Å². The highest BCUT2D eigenvalue weighted by atomic mass is 32.2. The predicted molar refractivity (Wildman–Crippen MR) is 72.3 cm³/mol. The first-order valence-electron chi connectivity index (χ1n) is 5.16. The summed E-state index contributed by atoms with van der Waals surface area (Å²) in [5, 5.41) is 0.773. The number of anilines is 1. The van der Waals surface area contributed by atoms with Crippen molar-refractivity contribution < 1.29 is 8.42 Å². The Labute approximate surface area is 110 Å². The van der Waals surface area contributed by atoms with Crippen LogP contribution in [0.4, 0.5) is 5.69 Å². The van der Waals surface area contributed by atoms with E-state index >= 15 is 0 Å². The summed E-state index contributed by atoms with van der Waals surface area (Å²) in [6.07, 6.45) is 2.83. The smallest absolute Gasteiger partial charge is 0.177 e. The molecule has 0 saturated heterocycles. The lowest BCUT2D eigenvalue weighted by atomic mass is 10.3. The molecule has 0 radical (unpaired) electrons. The average Bonchev–Trinajstić information content (AvgIpc) is 2.32. The van der Waals surface area contributed by atoms with Gasteiger partial charge in [-0.1, -0.05) is 23.9 Å². The number of nitrogen functional groups attached to an aromatic ring is 1. The van der Waals surface area contributed by atoms with Crippen molar-refractivity contribution in [1.29, 1.82) is 0 Å². The van der Waals surface area contributed by atoms with Gasteiger partial charge in [0.15, 0.2) is 9.84 Å². The van der Waals surface area contributed by atoms with Crippen LogP contribution in [0.5, 0.6) is 0 Å². The van der Waals surface area contributed by atoms with Gasteiger partial charge in [-0.15, -0.1) is 0 Å². The molecule has 0 aliphatic rings. The molecule has 1 heterocycles. The first kappa shape index (κ1) is 12.9. The van der Waals surface area contributed by atoms with E-state index in [2.05, 4.69) is 4.98 Å². The van der Waals surface area contributed by atoms with Gasteiger partial charge in [-0.2, -0.15) is 0 Å². The molecule has 0 fully saturated rings. The number of hydrogen-bond acceptors (Lipinski definition) is 5. The van der Waals surface area contributed by atoms with Gasteiger partial charge in [0.05, 0.1) is 10.6 Å². The van der Waals surface area contributed by atoms with Crippen LogP contribution in [0.25, 0.3) is 0 Å². The van der Waals surface area contributed by atoms with Crippen LogP contribution in [0.15, 0.2) is 57.4 Å². The van der Waals surface area contributed by atoms with E-state index in [1.54, 1.807) is 18.3 Å². The van der Waals surface area contributed by atoms with Crippen molar-refractivity contribution in [1.82, 2.24) is 4.98 Å². The molecule has 0 bridgehead atoms. The van der Waals surface area contributed by atoms with Gasteiger partial charge in [-0.05, 0) is 24.3 Å². The van der Waals surface area contributed by atoms with Gasteiger partial charge in [0.1, 0.15) is 5.03 Å². The first-order chi connectivity index (χ1) is 8.48. The second-order valence-corrected chi connectivity index (χ2v) is 6.76. The minimum atomic E-state index is -3.31. The second-order valence-electron chi connectivity index (χ2n) is 3.71. The quantitative estimate of drug-likeness (QED) is 0.873. The van der Waals surface area contributed by atoms with Crippen molar-refractivity contribution in [2.24, 2.45) is 0 Å². The summed E-state index contributed by atoms with van der Waals surface area (Å²) in [6.45, 7) is 0. The molecule has 0 aliphatic carbocycles. The van der Waals surface area contributed by atoms with E-state index in [0.29, 0.717) is 4.90 Å². The van der Waals surface area contributed by atoms with Gasteiger partial charge in [0.25, 0.3) is 0 Å². The molecule has 6 heteroatoms. The average molecular weight is 280 g/mol. The summed E-state index contributed by atoms with van der Waals surface area (Å²) < 4.78 is 23.1. The molecule has 0 spiro atoms. The minimum absolute atomic E-state index is 0.156. The zero-order valence-corrected chi connectivity index (χ0v) is 11.3. The van der Waals surface area contributed by atoms with Crippen LogP contribution in [0, 0.1) is 0 Å². The van der Waals surface area contributed by atoms with Gasteiger partial charge in [0.2, 0.25) is 0 Å². The molecule has 2 aromatic rings. The fraction of sp³-hybridized carbons (Fsp3) is 0.0833. The maximum atomic E-state index is 11.6. The number of sulfone groups is 1. The van der Waals surface area contributed by atoms with Crippen LogP contribution in [0.1, 0.15) is 0 Å². The number of para-hydroxylation sites is 1. The normalized spacial score (nSPS) is 11.4. The molecule has 0 amide bonds. The third-order valence-electron chi connectivity index (χ3n) is 2.28. The van der Waals surface area contributed by atoms with Gasteiger partial charge in [-0.25, -0.2) is 13.4 Å². The SMILES string of the molecule is CS(=O)(=O)c1cccc(Sc2ccccn2)c1N. The summed E-state index contributed by atoms with van der Waals surface area (Å²) in [6, 6.07) is 10.5. The minimum Gasteiger partial charge on any atom is -0.397 e. The third kappa shape index (κ3) is 2.83. The molecule has 0 aliphatic heterocycles. The molecule has 0 saturated carbocycles. The van der Waals surface area contributed by atoms with E-state index in [9.17, 15) is 8.42 Å². The molecule has 0 unspecified atom stereocenters. The van der Waals surface area contributed by atoms with Crippen LogP contribution in [0.2, 0.25) is 0 Å². The Kier molecular flexibility index (Phi) is 3.58. The standard InChI is InChI=1S/C12H12N2O2S2/c1-18(15,16)10-6-4-5-9(12(10)13)17-11-7-2-3-8-14-11/h2-8H,13H2,1H3. The van der Waals surface area contributed by atoms with E-state index in [1.165, 1.54) is 17.8 Å². The molecular weight excluding hydrogens is 268 g/mol. The van der Waals surface area contributed by atoms with Crippen molar-refractivity contribution in [2.45, 2.75) is 14.8 Å². The largest absolute Gasteiger partial charge is 0.397 e. The number of aromatic nitrogens is 1. The Bertz CT molecular complexity index is 655. The fourth-order valence-electron chi connectivity index (χ4n) is 1.46. The molecule has 94 valence electrons.